The van der Waals surface area contributed by atoms with Crippen molar-refractivity contribution in [3.63, 3.8) is 0 Å². The van der Waals surface area contributed by atoms with Crippen LogP contribution < -0.4 is 4.74 Å². The molecule has 0 radical (unpaired) electrons. The second kappa shape index (κ2) is 7.60. The first-order valence-electron chi connectivity index (χ1n) is 7.60. The number of aromatic nitrogens is 3. The van der Waals surface area contributed by atoms with Crippen LogP contribution in [0.15, 0.2) is 42.9 Å². The lowest BCUT2D eigenvalue weighted by molar-refractivity contribution is 0.0533. The van der Waals surface area contributed by atoms with Crippen molar-refractivity contribution in [2.24, 2.45) is 0 Å². The second-order valence-electron chi connectivity index (χ2n) is 5.45. The van der Waals surface area contributed by atoms with Crippen molar-refractivity contribution in [3.8, 4) is 5.75 Å². The minimum Gasteiger partial charge on any atom is -0.491 e. The van der Waals surface area contributed by atoms with Gasteiger partial charge in [-0.2, -0.15) is 5.10 Å². The Hall–Kier alpha value is -2.48. The molecule has 130 valence electrons. The maximum atomic E-state index is 12.7. The fourth-order valence-electron chi connectivity index (χ4n) is 2.36. The molecule has 0 unspecified atom stereocenters. The van der Waals surface area contributed by atoms with Crippen LogP contribution in [0.25, 0.3) is 5.65 Å². The maximum absolute atomic E-state index is 12.7. The Kier molecular flexibility index (Phi) is 5.28. The third kappa shape index (κ3) is 3.96. The summed E-state index contributed by atoms with van der Waals surface area (Å²) < 4.78 is 7.02. The fourth-order valence-corrected chi connectivity index (χ4v) is 2.55. The number of nitrogens with zero attached hydrogens (tertiary/aromatic N) is 3. The molecule has 3 aromatic rings. The highest BCUT2D eigenvalue weighted by Gasteiger charge is 2.17. The van der Waals surface area contributed by atoms with Gasteiger partial charge in [-0.05, 0) is 24.3 Å². The number of carbonyl (C=O) groups is 1. The summed E-state index contributed by atoms with van der Waals surface area (Å²) in [5, 5.41) is 22.9. The number of aliphatic hydroxyl groups excluding tert-OH is 2. The van der Waals surface area contributed by atoms with Crippen LogP contribution in [0.5, 0.6) is 5.75 Å². The van der Waals surface area contributed by atoms with E-state index in [-0.39, 0.29) is 18.8 Å². The van der Waals surface area contributed by atoms with E-state index in [1.54, 1.807) is 36.7 Å². The molecule has 0 bridgehead atoms. The normalized spacial score (nSPS) is 12.3. The summed E-state index contributed by atoms with van der Waals surface area (Å²) in [7, 11) is 0. The van der Waals surface area contributed by atoms with Gasteiger partial charge < -0.3 is 14.9 Å². The summed E-state index contributed by atoms with van der Waals surface area (Å²) in [6.07, 6.45) is 3.83. The smallest absolute Gasteiger partial charge is 0.172 e. The third-order valence-electron chi connectivity index (χ3n) is 3.60. The van der Waals surface area contributed by atoms with E-state index in [1.807, 2.05) is 0 Å². The van der Waals surface area contributed by atoms with Gasteiger partial charge in [0.25, 0.3) is 0 Å². The van der Waals surface area contributed by atoms with Crippen LogP contribution in [0, 0.1) is 0 Å². The Balaban J connectivity index is 1.84. The zero-order valence-electron chi connectivity index (χ0n) is 13.2. The molecule has 0 aliphatic carbocycles. The summed E-state index contributed by atoms with van der Waals surface area (Å²) in [6, 6.07) is 6.62. The topological polar surface area (TPSA) is 97.0 Å². The first kappa shape index (κ1) is 17.3. The average Bonchev–Trinajstić information content (AvgIpc) is 3.05. The molecule has 2 aromatic heterocycles. The number of hydrogen-bond acceptors (Lipinski definition) is 6. The molecule has 0 fully saturated rings. The molecule has 2 heterocycles. The van der Waals surface area contributed by atoms with Crippen molar-refractivity contribution in [2.45, 2.75) is 12.5 Å². The van der Waals surface area contributed by atoms with Crippen LogP contribution in [0.2, 0.25) is 5.02 Å². The molecule has 0 spiro atoms. The van der Waals surface area contributed by atoms with Crippen molar-refractivity contribution < 1.29 is 19.7 Å². The van der Waals surface area contributed by atoms with E-state index in [9.17, 15) is 9.90 Å². The van der Waals surface area contributed by atoms with Crippen LogP contribution in [0.4, 0.5) is 0 Å². The first-order valence-corrected chi connectivity index (χ1v) is 7.98. The largest absolute Gasteiger partial charge is 0.491 e. The predicted molar refractivity (Wildman–Crippen MR) is 91.1 cm³/mol. The van der Waals surface area contributed by atoms with Gasteiger partial charge in [-0.1, -0.05) is 11.6 Å². The van der Waals surface area contributed by atoms with E-state index in [1.165, 1.54) is 10.7 Å². The molecule has 0 amide bonds. The van der Waals surface area contributed by atoms with Crippen LogP contribution in [0.3, 0.4) is 0 Å². The standard InChI is InChI=1S/C17H16ClN3O4/c18-12-2-3-16(25-10-13(23)9-22)11(6-12)7-15(24)14-8-20-21-5-1-4-19-17(14)21/h1-6,8,13,22-23H,7,9-10H2/t13-/m1/s1. The number of ether oxygens (including phenoxy) is 1. The van der Waals surface area contributed by atoms with E-state index in [0.29, 0.717) is 27.5 Å². The fraction of sp³-hybridized carbons (Fsp3) is 0.235. The monoisotopic (exact) mass is 361 g/mol. The van der Waals surface area contributed by atoms with Gasteiger partial charge in [-0.15, -0.1) is 0 Å². The number of carbonyl (C=O) groups excluding carboxylic acids is 1. The number of halogens is 1. The summed E-state index contributed by atoms with van der Waals surface area (Å²) >= 11 is 6.03. The summed E-state index contributed by atoms with van der Waals surface area (Å²) in [6.45, 7) is -0.493. The number of benzene rings is 1. The van der Waals surface area contributed by atoms with Crippen molar-refractivity contribution in [3.05, 3.63) is 59.0 Å². The molecule has 3 rings (SSSR count). The van der Waals surface area contributed by atoms with E-state index >= 15 is 0 Å². The van der Waals surface area contributed by atoms with Gasteiger partial charge in [0.05, 0.1) is 18.4 Å². The molecule has 1 aromatic carbocycles. The average molecular weight is 362 g/mol. The van der Waals surface area contributed by atoms with Gasteiger partial charge in [0.15, 0.2) is 11.4 Å². The van der Waals surface area contributed by atoms with Gasteiger partial charge in [0.2, 0.25) is 0 Å². The van der Waals surface area contributed by atoms with Crippen LogP contribution in [-0.4, -0.2) is 49.9 Å². The molecular formula is C17H16ClN3O4. The summed E-state index contributed by atoms with van der Waals surface area (Å²) in [4.78, 5) is 16.8. The molecule has 0 aliphatic rings. The Morgan fingerprint density at radius 1 is 1.40 bits per heavy atom. The lowest BCUT2D eigenvalue weighted by atomic mass is 10.0. The molecule has 25 heavy (non-hydrogen) atoms. The Morgan fingerprint density at radius 3 is 3.04 bits per heavy atom. The minimum atomic E-state index is -0.997. The quantitative estimate of drug-likeness (QED) is 0.620. The van der Waals surface area contributed by atoms with E-state index < -0.39 is 12.7 Å². The minimum absolute atomic E-state index is 0.0447. The van der Waals surface area contributed by atoms with E-state index in [0.717, 1.165) is 0 Å². The lowest BCUT2D eigenvalue weighted by Crippen LogP contribution is -2.21. The van der Waals surface area contributed by atoms with Gasteiger partial charge >= 0.3 is 0 Å². The highest BCUT2D eigenvalue weighted by Crippen LogP contribution is 2.25. The molecule has 1 atom stereocenters. The molecule has 0 aliphatic heterocycles. The first-order chi connectivity index (χ1) is 12.1. The summed E-state index contributed by atoms with van der Waals surface area (Å²) in [5.41, 5.74) is 1.47. The van der Waals surface area contributed by atoms with Gasteiger partial charge in [-0.3, -0.25) is 4.79 Å². The van der Waals surface area contributed by atoms with Gasteiger partial charge in [0, 0.05) is 29.4 Å². The lowest BCUT2D eigenvalue weighted by Gasteiger charge is -2.13. The number of aliphatic hydroxyl groups is 2. The number of ketones is 1. The molecule has 2 N–H and O–H groups in total. The van der Waals surface area contributed by atoms with Gasteiger partial charge in [-0.25, -0.2) is 9.50 Å². The Bertz CT molecular complexity index is 896. The molecule has 7 nitrogen and oxygen atoms in total. The molecular weight excluding hydrogens is 346 g/mol. The van der Waals surface area contributed by atoms with Gasteiger partial charge in [0.1, 0.15) is 18.5 Å². The van der Waals surface area contributed by atoms with Crippen molar-refractivity contribution in [2.75, 3.05) is 13.2 Å². The summed E-state index contributed by atoms with van der Waals surface area (Å²) in [5.74, 6) is 0.248. The predicted octanol–water partition coefficient (Wildman–Crippen LogP) is 1.54. The van der Waals surface area contributed by atoms with Crippen molar-refractivity contribution in [1.29, 1.82) is 0 Å². The van der Waals surface area contributed by atoms with Crippen LogP contribution in [-0.2, 0) is 6.42 Å². The second-order valence-corrected chi connectivity index (χ2v) is 5.88. The highest BCUT2D eigenvalue weighted by atomic mass is 35.5. The third-order valence-corrected chi connectivity index (χ3v) is 3.83. The van der Waals surface area contributed by atoms with Crippen molar-refractivity contribution in [1.82, 2.24) is 14.6 Å². The number of hydrogen-bond donors (Lipinski definition) is 2. The van der Waals surface area contributed by atoms with Crippen LogP contribution >= 0.6 is 11.6 Å². The SMILES string of the molecule is O=C(Cc1cc(Cl)ccc1OC[C@H](O)CO)c1cnn2cccnc12. The molecule has 0 saturated heterocycles. The highest BCUT2D eigenvalue weighted by molar-refractivity contribution is 6.30. The molecule has 8 heteroatoms. The van der Waals surface area contributed by atoms with Crippen LogP contribution in [0.1, 0.15) is 15.9 Å². The van der Waals surface area contributed by atoms with E-state index in [4.69, 9.17) is 21.4 Å². The van der Waals surface area contributed by atoms with Crippen molar-refractivity contribution >= 4 is 23.0 Å². The van der Waals surface area contributed by atoms with E-state index in [2.05, 4.69) is 10.1 Å². The number of rotatable bonds is 7. The molecule has 0 saturated carbocycles. The number of fused-ring (bicyclic) bond motifs is 1. The maximum Gasteiger partial charge on any atom is 0.172 e. The zero-order chi connectivity index (χ0) is 17.8. The Labute approximate surface area is 148 Å². The Morgan fingerprint density at radius 2 is 2.24 bits per heavy atom. The zero-order valence-corrected chi connectivity index (χ0v) is 13.9. The number of Topliss-reactive ketones (excluding diaryl/α,β-unsaturated/α-hetero) is 1.